The van der Waals surface area contributed by atoms with E-state index in [4.69, 9.17) is 9.15 Å². The van der Waals surface area contributed by atoms with Crippen LogP contribution in [-0.4, -0.2) is 23.0 Å². The fraction of sp³-hybridized carbons (Fsp3) is 0.182. The number of benzene rings is 1. The van der Waals surface area contributed by atoms with Gasteiger partial charge >= 0.3 is 0 Å². The Balaban J connectivity index is 1.81. The maximum absolute atomic E-state index is 13.5. The van der Waals surface area contributed by atoms with E-state index in [9.17, 15) is 9.59 Å². The van der Waals surface area contributed by atoms with E-state index >= 15 is 0 Å². The molecule has 0 spiro atoms. The molecule has 0 N–H and O–H groups in total. The molecule has 0 fully saturated rings. The van der Waals surface area contributed by atoms with Gasteiger partial charge in [-0.3, -0.25) is 19.5 Å². The van der Waals surface area contributed by atoms with Crippen molar-refractivity contribution in [2.24, 2.45) is 0 Å². The molecule has 4 aromatic rings. The lowest BCUT2D eigenvalue weighted by Crippen LogP contribution is -2.29. The average molecular weight is 419 g/mol. The molecule has 1 atom stereocenters. The third-order valence-corrected chi connectivity index (χ3v) is 6.37. The maximum Gasteiger partial charge on any atom is 0.297 e. The predicted octanol–water partition coefficient (Wildman–Crippen LogP) is 4.02. The lowest BCUT2D eigenvalue weighted by molar-refractivity contribution is 0.0971. The van der Waals surface area contributed by atoms with E-state index in [2.05, 4.69) is 9.97 Å². The highest BCUT2D eigenvalue weighted by molar-refractivity contribution is 7.15. The van der Waals surface area contributed by atoms with Crippen molar-refractivity contribution in [2.75, 3.05) is 12.0 Å². The standard InChI is InChI=1S/C22H17N3O4S/c1-11-12(2)30-22(24-11)25-18(13-5-4-8-23-10-13)17-19(26)15-7-6-14(28-3)9-16(15)29-20(17)21(25)27/h4-10,18H,1-3H3. The number of nitrogens with zero attached hydrogens (tertiary/aromatic N) is 3. The summed E-state index contributed by atoms with van der Waals surface area (Å²) in [6.07, 6.45) is 3.31. The number of amides is 1. The van der Waals surface area contributed by atoms with Gasteiger partial charge in [-0.15, -0.1) is 11.3 Å². The van der Waals surface area contributed by atoms with Crippen LogP contribution in [0.4, 0.5) is 5.13 Å². The van der Waals surface area contributed by atoms with Crippen LogP contribution in [0.3, 0.4) is 0 Å². The smallest absolute Gasteiger partial charge is 0.297 e. The van der Waals surface area contributed by atoms with Crippen molar-refractivity contribution >= 4 is 33.3 Å². The van der Waals surface area contributed by atoms with Gasteiger partial charge in [0.15, 0.2) is 10.6 Å². The summed E-state index contributed by atoms with van der Waals surface area (Å²) in [6.45, 7) is 3.85. The SMILES string of the molecule is COc1ccc2c(=O)c3c(oc2c1)C(=O)N(c1nc(C)c(C)s1)C3c1cccnc1. The number of methoxy groups -OCH3 is 1. The molecule has 1 aliphatic heterocycles. The van der Waals surface area contributed by atoms with Gasteiger partial charge in [0, 0.05) is 23.3 Å². The van der Waals surface area contributed by atoms with E-state index < -0.39 is 11.9 Å². The molecule has 5 rings (SSSR count). The highest BCUT2D eigenvalue weighted by Gasteiger charge is 2.45. The second-order valence-electron chi connectivity index (χ2n) is 7.04. The Hall–Kier alpha value is -3.52. The second-order valence-corrected chi connectivity index (χ2v) is 8.22. The van der Waals surface area contributed by atoms with Crippen molar-refractivity contribution in [3.63, 3.8) is 0 Å². The molecule has 0 radical (unpaired) electrons. The van der Waals surface area contributed by atoms with Crippen LogP contribution < -0.4 is 15.1 Å². The minimum absolute atomic E-state index is 0.0279. The number of carbonyl (C=O) groups excluding carboxylic acids is 1. The zero-order valence-electron chi connectivity index (χ0n) is 16.5. The van der Waals surface area contributed by atoms with Crippen LogP contribution in [0.1, 0.15) is 38.3 Å². The van der Waals surface area contributed by atoms with Gasteiger partial charge in [0.2, 0.25) is 5.76 Å². The number of aromatic nitrogens is 2. The molecular weight excluding hydrogens is 402 g/mol. The summed E-state index contributed by atoms with van der Waals surface area (Å²) in [5.74, 6) is 0.178. The lowest BCUT2D eigenvalue weighted by atomic mass is 10.00. The molecule has 150 valence electrons. The van der Waals surface area contributed by atoms with Crippen molar-refractivity contribution in [1.82, 2.24) is 9.97 Å². The van der Waals surface area contributed by atoms with Gasteiger partial charge in [0.25, 0.3) is 5.91 Å². The number of hydrogen-bond acceptors (Lipinski definition) is 7. The van der Waals surface area contributed by atoms with E-state index in [1.54, 1.807) is 36.7 Å². The number of pyridine rings is 1. The second kappa shape index (κ2) is 6.77. The normalized spacial score (nSPS) is 15.6. The van der Waals surface area contributed by atoms with Crippen LogP contribution in [0.2, 0.25) is 0 Å². The van der Waals surface area contributed by atoms with Gasteiger partial charge in [0.1, 0.15) is 11.3 Å². The lowest BCUT2D eigenvalue weighted by Gasteiger charge is -2.22. The highest BCUT2D eigenvalue weighted by Crippen LogP contribution is 2.42. The minimum Gasteiger partial charge on any atom is -0.497 e. The Morgan fingerprint density at radius 3 is 2.70 bits per heavy atom. The van der Waals surface area contributed by atoms with Crippen molar-refractivity contribution < 1.29 is 13.9 Å². The number of ether oxygens (including phenoxy) is 1. The van der Waals surface area contributed by atoms with Crippen molar-refractivity contribution in [3.8, 4) is 5.75 Å². The van der Waals surface area contributed by atoms with Crippen LogP contribution in [-0.2, 0) is 0 Å². The summed E-state index contributed by atoms with van der Waals surface area (Å²) in [7, 11) is 1.53. The van der Waals surface area contributed by atoms with E-state index in [1.807, 2.05) is 19.9 Å². The van der Waals surface area contributed by atoms with Crippen molar-refractivity contribution in [2.45, 2.75) is 19.9 Å². The molecule has 7 nitrogen and oxygen atoms in total. The summed E-state index contributed by atoms with van der Waals surface area (Å²) in [5.41, 5.74) is 1.93. The van der Waals surface area contributed by atoms with Crippen LogP contribution in [0.5, 0.6) is 5.75 Å². The molecule has 1 unspecified atom stereocenters. The highest BCUT2D eigenvalue weighted by atomic mass is 32.1. The largest absolute Gasteiger partial charge is 0.497 e. The van der Waals surface area contributed by atoms with Gasteiger partial charge in [-0.2, -0.15) is 0 Å². The van der Waals surface area contributed by atoms with Gasteiger partial charge in [-0.1, -0.05) is 6.07 Å². The number of aryl methyl sites for hydroxylation is 2. The molecule has 8 heteroatoms. The van der Waals surface area contributed by atoms with Gasteiger partial charge in [0.05, 0.1) is 29.8 Å². The first-order valence-electron chi connectivity index (χ1n) is 9.32. The molecule has 0 saturated carbocycles. The topological polar surface area (TPSA) is 85.5 Å². The third-order valence-electron chi connectivity index (χ3n) is 5.30. The summed E-state index contributed by atoms with van der Waals surface area (Å²) in [4.78, 5) is 38.2. The van der Waals surface area contributed by atoms with E-state index in [1.165, 1.54) is 23.3 Å². The molecule has 1 aromatic carbocycles. The summed E-state index contributed by atoms with van der Waals surface area (Å²) in [5, 5.41) is 0.917. The van der Waals surface area contributed by atoms with E-state index in [0.29, 0.717) is 27.4 Å². The molecular formula is C22H17N3O4S. The Morgan fingerprint density at radius 2 is 2.03 bits per heavy atom. The Morgan fingerprint density at radius 1 is 1.20 bits per heavy atom. The summed E-state index contributed by atoms with van der Waals surface area (Å²) >= 11 is 1.41. The Bertz CT molecular complexity index is 1340. The van der Waals surface area contributed by atoms with E-state index in [0.717, 1.165) is 16.1 Å². The molecule has 3 aromatic heterocycles. The number of thiazole rings is 1. The molecule has 1 aliphatic rings. The summed E-state index contributed by atoms with van der Waals surface area (Å²) < 4.78 is 11.2. The zero-order chi connectivity index (χ0) is 21.0. The molecule has 1 amide bonds. The summed E-state index contributed by atoms with van der Waals surface area (Å²) in [6, 6.07) is 7.94. The van der Waals surface area contributed by atoms with Gasteiger partial charge in [-0.05, 0) is 37.6 Å². The number of rotatable bonds is 3. The number of anilines is 1. The molecule has 0 aliphatic carbocycles. The number of hydrogen-bond donors (Lipinski definition) is 0. The number of carbonyl (C=O) groups is 1. The Labute approximate surface area is 175 Å². The van der Waals surface area contributed by atoms with Crippen LogP contribution in [0.25, 0.3) is 11.0 Å². The first kappa shape index (κ1) is 18.5. The van der Waals surface area contributed by atoms with Gasteiger partial charge in [-0.25, -0.2) is 4.98 Å². The fourth-order valence-electron chi connectivity index (χ4n) is 3.69. The van der Waals surface area contributed by atoms with Crippen molar-refractivity contribution in [3.05, 3.63) is 80.4 Å². The van der Waals surface area contributed by atoms with Crippen molar-refractivity contribution in [1.29, 1.82) is 0 Å². The molecule has 4 heterocycles. The predicted molar refractivity (Wildman–Crippen MR) is 114 cm³/mol. The zero-order valence-corrected chi connectivity index (χ0v) is 17.3. The van der Waals surface area contributed by atoms with Crippen LogP contribution >= 0.6 is 11.3 Å². The van der Waals surface area contributed by atoms with Crippen LogP contribution in [0, 0.1) is 13.8 Å². The molecule has 0 saturated heterocycles. The van der Waals surface area contributed by atoms with Gasteiger partial charge < -0.3 is 9.15 Å². The first-order chi connectivity index (χ1) is 14.5. The Kier molecular flexibility index (Phi) is 4.18. The molecule has 0 bridgehead atoms. The average Bonchev–Trinajstić information content (AvgIpc) is 3.24. The quantitative estimate of drug-likeness (QED) is 0.499. The minimum atomic E-state index is -0.658. The van der Waals surface area contributed by atoms with Crippen LogP contribution in [0.15, 0.2) is 51.9 Å². The molecule has 30 heavy (non-hydrogen) atoms. The maximum atomic E-state index is 13.5. The third kappa shape index (κ3) is 2.64. The number of fused-ring (bicyclic) bond motifs is 2. The monoisotopic (exact) mass is 419 g/mol. The first-order valence-corrected chi connectivity index (χ1v) is 10.1. The fourth-order valence-corrected chi connectivity index (χ4v) is 4.62. The van der Waals surface area contributed by atoms with E-state index in [-0.39, 0.29) is 11.2 Å².